The van der Waals surface area contributed by atoms with E-state index in [1.54, 1.807) is 0 Å². The van der Waals surface area contributed by atoms with E-state index in [0.29, 0.717) is 13.2 Å². The van der Waals surface area contributed by atoms with E-state index >= 15 is 0 Å². The fourth-order valence-corrected chi connectivity index (χ4v) is 3.39. The molecule has 0 bridgehead atoms. The zero-order valence-corrected chi connectivity index (χ0v) is 13.0. The van der Waals surface area contributed by atoms with Gasteiger partial charge in [-0.1, -0.05) is 0 Å². The molecule has 5 heterocycles. The highest BCUT2D eigenvalue weighted by molar-refractivity contribution is 6.28. The van der Waals surface area contributed by atoms with Gasteiger partial charge in [0.15, 0.2) is 17.0 Å². The standard InChI is InChI=1S/C14H14ClN5O2/c1-14(2)12-16-9-10(19(12)3-4-22-14)17-13(15)18-11(9)20-5-8-7(20)6-21-8/h3-6H2,1-2H3. The molecule has 0 aliphatic carbocycles. The highest BCUT2D eigenvalue weighted by atomic mass is 35.5. The first-order chi connectivity index (χ1) is 10.5. The lowest BCUT2D eigenvalue weighted by atomic mass is 10.1. The van der Waals surface area contributed by atoms with Crippen molar-refractivity contribution in [1.82, 2.24) is 19.5 Å². The quantitative estimate of drug-likeness (QED) is 0.747. The summed E-state index contributed by atoms with van der Waals surface area (Å²) in [5.74, 6) is 2.66. The van der Waals surface area contributed by atoms with Crippen LogP contribution in [0.5, 0.6) is 0 Å². The fraction of sp³-hybridized carbons (Fsp3) is 0.500. The van der Waals surface area contributed by atoms with E-state index in [1.165, 1.54) is 0 Å². The maximum atomic E-state index is 6.15. The summed E-state index contributed by atoms with van der Waals surface area (Å²) >= 11 is 6.15. The van der Waals surface area contributed by atoms with Gasteiger partial charge in [0.25, 0.3) is 0 Å². The number of ether oxygens (including phenoxy) is 2. The van der Waals surface area contributed by atoms with Crippen molar-refractivity contribution in [2.75, 3.05) is 24.7 Å². The number of aromatic nitrogens is 4. The molecule has 8 heteroatoms. The Morgan fingerprint density at radius 2 is 2.09 bits per heavy atom. The molecule has 0 atom stereocenters. The number of morpholine rings is 1. The highest BCUT2D eigenvalue weighted by Crippen LogP contribution is 2.40. The van der Waals surface area contributed by atoms with Crippen molar-refractivity contribution in [2.45, 2.75) is 26.0 Å². The summed E-state index contributed by atoms with van der Waals surface area (Å²) in [6.07, 6.45) is 0. The molecule has 22 heavy (non-hydrogen) atoms. The van der Waals surface area contributed by atoms with Crippen molar-refractivity contribution in [2.24, 2.45) is 0 Å². The molecule has 7 nitrogen and oxygen atoms in total. The second kappa shape index (κ2) is 3.91. The SMILES string of the molecule is CC1(C)OCCn2c1nc1c(N3CC4=C3CO4)nc(Cl)nc12. The molecule has 5 rings (SSSR count). The van der Waals surface area contributed by atoms with Gasteiger partial charge in [-0.15, -0.1) is 0 Å². The van der Waals surface area contributed by atoms with Gasteiger partial charge >= 0.3 is 0 Å². The van der Waals surface area contributed by atoms with Gasteiger partial charge in [-0.25, -0.2) is 4.98 Å². The highest BCUT2D eigenvalue weighted by Gasteiger charge is 2.40. The van der Waals surface area contributed by atoms with E-state index in [2.05, 4.69) is 19.4 Å². The van der Waals surface area contributed by atoms with Gasteiger partial charge in [-0.05, 0) is 25.4 Å². The molecule has 0 unspecified atom stereocenters. The summed E-state index contributed by atoms with van der Waals surface area (Å²) in [6, 6.07) is 0. The zero-order valence-electron chi connectivity index (χ0n) is 12.3. The Hall–Kier alpha value is -1.86. The van der Waals surface area contributed by atoms with E-state index in [0.717, 1.165) is 47.4 Å². The monoisotopic (exact) mass is 319 g/mol. The van der Waals surface area contributed by atoms with E-state index in [4.69, 9.17) is 26.1 Å². The third-order valence-corrected chi connectivity index (χ3v) is 4.62. The topological polar surface area (TPSA) is 65.3 Å². The number of anilines is 1. The van der Waals surface area contributed by atoms with Crippen LogP contribution in [0, 0.1) is 0 Å². The van der Waals surface area contributed by atoms with Crippen LogP contribution in [-0.2, 0) is 21.6 Å². The van der Waals surface area contributed by atoms with Crippen LogP contribution in [0.15, 0.2) is 11.5 Å². The summed E-state index contributed by atoms with van der Waals surface area (Å²) in [6.45, 7) is 6.74. The van der Waals surface area contributed by atoms with E-state index in [9.17, 15) is 0 Å². The molecular formula is C14H14ClN5O2. The van der Waals surface area contributed by atoms with Crippen LogP contribution >= 0.6 is 11.6 Å². The largest absolute Gasteiger partial charge is 0.488 e. The normalized spacial score (nSPS) is 21.9. The molecule has 0 radical (unpaired) electrons. The number of hydrogen-bond donors (Lipinski definition) is 0. The first-order valence-corrected chi connectivity index (χ1v) is 7.63. The maximum Gasteiger partial charge on any atom is 0.226 e. The van der Waals surface area contributed by atoms with Crippen molar-refractivity contribution >= 4 is 28.6 Å². The Morgan fingerprint density at radius 1 is 1.23 bits per heavy atom. The summed E-state index contributed by atoms with van der Waals surface area (Å²) in [4.78, 5) is 15.7. The zero-order chi connectivity index (χ0) is 15.1. The lowest BCUT2D eigenvalue weighted by molar-refractivity contribution is -0.0530. The third-order valence-electron chi connectivity index (χ3n) is 4.45. The molecule has 114 valence electrons. The van der Waals surface area contributed by atoms with Crippen molar-refractivity contribution < 1.29 is 9.47 Å². The molecule has 3 aliphatic heterocycles. The minimum atomic E-state index is -0.443. The molecule has 0 amide bonds. The van der Waals surface area contributed by atoms with Crippen molar-refractivity contribution in [3.63, 3.8) is 0 Å². The minimum Gasteiger partial charge on any atom is -0.488 e. The molecule has 0 saturated carbocycles. The summed E-state index contributed by atoms with van der Waals surface area (Å²) in [5, 5.41) is 0.240. The average molecular weight is 320 g/mol. The smallest absolute Gasteiger partial charge is 0.226 e. The molecule has 2 aromatic rings. The fourth-order valence-electron chi connectivity index (χ4n) is 3.23. The molecule has 0 spiro atoms. The van der Waals surface area contributed by atoms with Gasteiger partial charge < -0.3 is 18.9 Å². The molecule has 0 fully saturated rings. The number of fused-ring (bicyclic) bond motifs is 3. The Balaban J connectivity index is 1.76. The van der Waals surface area contributed by atoms with Crippen LogP contribution in [0.2, 0.25) is 5.28 Å². The van der Waals surface area contributed by atoms with E-state index in [1.807, 2.05) is 13.8 Å². The average Bonchev–Trinajstić information content (AvgIpc) is 2.81. The molecule has 2 aromatic heterocycles. The first kappa shape index (κ1) is 12.7. The molecule has 0 aromatic carbocycles. The minimum absolute atomic E-state index is 0.240. The number of imidazole rings is 1. The Bertz CT molecular complexity index is 857. The van der Waals surface area contributed by atoms with Crippen LogP contribution in [0.3, 0.4) is 0 Å². The van der Waals surface area contributed by atoms with Gasteiger partial charge in [-0.3, -0.25) is 0 Å². The number of halogens is 1. The van der Waals surface area contributed by atoms with Gasteiger partial charge in [0.1, 0.15) is 23.8 Å². The van der Waals surface area contributed by atoms with Gasteiger partial charge in [0, 0.05) is 6.54 Å². The van der Waals surface area contributed by atoms with E-state index < -0.39 is 5.60 Å². The maximum absolute atomic E-state index is 6.15. The van der Waals surface area contributed by atoms with Crippen molar-refractivity contribution in [3.05, 3.63) is 22.6 Å². The second-order valence-electron chi connectivity index (χ2n) is 6.18. The van der Waals surface area contributed by atoms with Gasteiger partial charge in [0.05, 0.1) is 18.8 Å². The first-order valence-electron chi connectivity index (χ1n) is 7.25. The second-order valence-corrected chi connectivity index (χ2v) is 6.52. The van der Waals surface area contributed by atoms with Crippen LogP contribution in [0.25, 0.3) is 11.2 Å². The number of nitrogens with zero attached hydrogens (tertiary/aromatic N) is 5. The lowest BCUT2D eigenvalue weighted by Crippen LogP contribution is -2.46. The molecule has 0 N–H and O–H groups in total. The van der Waals surface area contributed by atoms with Gasteiger partial charge in [-0.2, -0.15) is 9.97 Å². The molecular weight excluding hydrogens is 306 g/mol. The molecule has 0 saturated heterocycles. The van der Waals surface area contributed by atoms with Crippen LogP contribution < -0.4 is 4.90 Å². The predicted molar refractivity (Wildman–Crippen MR) is 79.6 cm³/mol. The number of rotatable bonds is 1. The molecule has 3 aliphatic rings. The lowest BCUT2D eigenvalue weighted by Gasteiger charge is -2.43. The van der Waals surface area contributed by atoms with Crippen LogP contribution in [0.4, 0.5) is 5.82 Å². The predicted octanol–water partition coefficient (Wildman–Crippen LogP) is 1.81. The summed E-state index contributed by atoms with van der Waals surface area (Å²) in [7, 11) is 0. The Labute approximate surface area is 131 Å². The third kappa shape index (κ3) is 1.47. The van der Waals surface area contributed by atoms with Gasteiger partial charge in [0.2, 0.25) is 5.28 Å². The summed E-state index contributed by atoms with van der Waals surface area (Å²) < 4.78 is 13.3. The van der Waals surface area contributed by atoms with Crippen molar-refractivity contribution in [1.29, 1.82) is 0 Å². The van der Waals surface area contributed by atoms with E-state index in [-0.39, 0.29) is 5.28 Å². The summed E-state index contributed by atoms with van der Waals surface area (Å²) in [5.41, 5.74) is 2.27. The van der Waals surface area contributed by atoms with Crippen molar-refractivity contribution in [3.8, 4) is 0 Å². The Morgan fingerprint density at radius 3 is 2.77 bits per heavy atom. The number of hydrogen-bond acceptors (Lipinski definition) is 6. The van der Waals surface area contributed by atoms with Crippen LogP contribution in [0.1, 0.15) is 19.7 Å². The van der Waals surface area contributed by atoms with Crippen LogP contribution in [-0.4, -0.2) is 39.3 Å². The Kier molecular flexibility index (Phi) is 2.25.